The fourth-order valence-corrected chi connectivity index (χ4v) is 3.47. The Balaban J connectivity index is 1.51. The number of fused-ring (bicyclic) bond motifs is 1. The third-order valence-electron chi connectivity index (χ3n) is 5.45. The Morgan fingerprint density at radius 2 is 1.79 bits per heavy atom. The Morgan fingerprint density at radius 1 is 1.12 bits per heavy atom. The van der Waals surface area contributed by atoms with Gasteiger partial charge in [-0.2, -0.15) is 18.2 Å². The lowest BCUT2D eigenvalue weighted by Crippen LogP contribution is -2.38. The predicted molar refractivity (Wildman–Crippen MR) is 111 cm³/mol. The SMILES string of the molecule is CN1c2cc(OCc3cc(F)c(Oc4ccnc(C(F)(F)F)c4)c(F)c3)nc(=O)n2CC1(C)C. The number of aromatic nitrogens is 3. The fraction of sp³-hybridized carbons (Fsp3) is 0.318. The Bertz CT molecular complexity index is 1280. The molecule has 0 atom stereocenters. The van der Waals surface area contributed by atoms with Crippen LogP contribution in [0.3, 0.4) is 0 Å². The van der Waals surface area contributed by atoms with Crippen molar-refractivity contribution >= 4 is 5.82 Å². The molecule has 1 aromatic carbocycles. The molecule has 1 aliphatic heterocycles. The first-order valence-electron chi connectivity index (χ1n) is 10.0. The van der Waals surface area contributed by atoms with Crippen LogP contribution in [0.15, 0.2) is 41.3 Å². The number of hydrogen-bond acceptors (Lipinski definition) is 6. The lowest BCUT2D eigenvalue weighted by atomic mass is 10.1. The highest BCUT2D eigenvalue weighted by Crippen LogP contribution is 2.34. The van der Waals surface area contributed by atoms with Gasteiger partial charge in [0.2, 0.25) is 5.88 Å². The van der Waals surface area contributed by atoms with E-state index < -0.39 is 40.7 Å². The zero-order valence-electron chi connectivity index (χ0n) is 18.3. The average molecular weight is 482 g/mol. The quantitative estimate of drug-likeness (QED) is 0.498. The van der Waals surface area contributed by atoms with Gasteiger partial charge in [0, 0.05) is 25.4 Å². The van der Waals surface area contributed by atoms with Crippen LogP contribution in [0, 0.1) is 11.6 Å². The lowest BCUT2D eigenvalue weighted by molar-refractivity contribution is -0.141. The van der Waals surface area contributed by atoms with Gasteiger partial charge in [-0.15, -0.1) is 0 Å². The average Bonchev–Trinajstić information content (AvgIpc) is 2.98. The minimum absolute atomic E-state index is 0.0154. The topological polar surface area (TPSA) is 69.5 Å². The highest BCUT2D eigenvalue weighted by molar-refractivity contribution is 5.48. The number of rotatable bonds is 5. The van der Waals surface area contributed by atoms with Crippen molar-refractivity contribution in [3.63, 3.8) is 0 Å². The molecule has 0 N–H and O–H groups in total. The monoisotopic (exact) mass is 482 g/mol. The Morgan fingerprint density at radius 3 is 2.44 bits per heavy atom. The molecule has 0 unspecified atom stereocenters. The number of likely N-dealkylation sites (N-methyl/N-ethyl adjacent to an activating group) is 1. The van der Waals surface area contributed by atoms with Crippen LogP contribution in [0.25, 0.3) is 0 Å². The van der Waals surface area contributed by atoms with E-state index in [0.29, 0.717) is 18.4 Å². The van der Waals surface area contributed by atoms with Crippen molar-refractivity contribution in [2.24, 2.45) is 0 Å². The lowest BCUT2D eigenvalue weighted by Gasteiger charge is -2.28. The van der Waals surface area contributed by atoms with E-state index in [-0.39, 0.29) is 23.6 Å². The largest absolute Gasteiger partial charge is 0.473 e. The first-order chi connectivity index (χ1) is 15.8. The van der Waals surface area contributed by atoms with E-state index in [1.807, 2.05) is 25.8 Å². The van der Waals surface area contributed by atoms with Crippen LogP contribution >= 0.6 is 0 Å². The van der Waals surface area contributed by atoms with E-state index in [9.17, 15) is 26.7 Å². The van der Waals surface area contributed by atoms with Gasteiger partial charge >= 0.3 is 11.9 Å². The van der Waals surface area contributed by atoms with Gasteiger partial charge in [0.25, 0.3) is 0 Å². The van der Waals surface area contributed by atoms with Crippen LogP contribution in [0.4, 0.5) is 27.8 Å². The van der Waals surface area contributed by atoms with E-state index in [0.717, 1.165) is 24.4 Å². The summed E-state index contributed by atoms with van der Waals surface area (Å²) < 4.78 is 79.4. The molecule has 0 radical (unpaired) electrons. The molecular formula is C22H19F5N4O3. The van der Waals surface area contributed by atoms with Crippen molar-refractivity contribution in [1.29, 1.82) is 0 Å². The Labute approximate surface area is 190 Å². The second-order valence-corrected chi connectivity index (χ2v) is 8.35. The van der Waals surface area contributed by atoms with Crippen molar-refractivity contribution in [3.8, 4) is 17.4 Å². The first kappa shape index (κ1) is 23.5. The van der Waals surface area contributed by atoms with Gasteiger partial charge < -0.3 is 14.4 Å². The molecule has 3 aromatic rings. The van der Waals surface area contributed by atoms with E-state index in [2.05, 4.69) is 9.97 Å². The van der Waals surface area contributed by atoms with Gasteiger partial charge in [-0.3, -0.25) is 9.55 Å². The first-order valence-corrected chi connectivity index (χ1v) is 10.0. The zero-order chi connectivity index (χ0) is 24.8. The second kappa shape index (κ2) is 8.26. The maximum absolute atomic E-state index is 14.5. The molecule has 4 rings (SSSR count). The molecule has 0 saturated heterocycles. The van der Waals surface area contributed by atoms with Crippen molar-refractivity contribution < 1.29 is 31.4 Å². The fourth-order valence-electron chi connectivity index (χ4n) is 3.47. The van der Waals surface area contributed by atoms with Gasteiger partial charge in [0.1, 0.15) is 23.9 Å². The molecule has 0 aliphatic carbocycles. The summed E-state index contributed by atoms with van der Waals surface area (Å²) in [6.45, 7) is 4.06. The molecule has 0 fully saturated rings. The number of alkyl halides is 3. The smallest absolute Gasteiger partial charge is 0.433 e. The van der Waals surface area contributed by atoms with E-state index in [1.165, 1.54) is 4.57 Å². The Kier molecular flexibility index (Phi) is 5.70. The van der Waals surface area contributed by atoms with Crippen molar-refractivity contribution in [1.82, 2.24) is 14.5 Å². The summed E-state index contributed by atoms with van der Waals surface area (Å²) in [5.41, 5.74) is -2.02. The molecule has 2 aromatic heterocycles. The number of halogens is 5. The highest BCUT2D eigenvalue weighted by Gasteiger charge is 2.35. The predicted octanol–water partition coefficient (Wildman–Crippen LogP) is 4.54. The van der Waals surface area contributed by atoms with Crippen LogP contribution in [-0.2, 0) is 19.3 Å². The molecule has 0 amide bonds. The molecule has 3 heterocycles. The highest BCUT2D eigenvalue weighted by atomic mass is 19.4. The minimum Gasteiger partial charge on any atom is -0.473 e. The summed E-state index contributed by atoms with van der Waals surface area (Å²) in [6, 6.07) is 4.97. The number of hydrogen-bond donors (Lipinski definition) is 0. The van der Waals surface area contributed by atoms with Gasteiger partial charge in [-0.25, -0.2) is 13.6 Å². The minimum atomic E-state index is -4.74. The third kappa shape index (κ3) is 4.52. The molecular weight excluding hydrogens is 463 g/mol. The van der Waals surface area contributed by atoms with Gasteiger partial charge in [0.15, 0.2) is 17.4 Å². The number of nitrogens with zero attached hydrogens (tertiary/aromatic N) is 4. The number of benzene rings is 1. The molecule has 0 spiro atoms. The molecule has 0 saturated carbocycles. The number of anilines is 1. The van der Waals surface area contributed by atoms with Crippen molar-refractivity contribution in [2.45, 2.75) is 38.7 Å². The van der Waals surface area contributed by atoms with Crippen LogP contribution < -0.4 is 20.1 Å². The summed E-state index contributed by atoms with van der Waals surface area (Å²) in [6.07, 6.45) is -3.92. The number of pyridine rings is 1. The van der Waals surface area contributed by atoms with Gasteiger partial charge in [0.05, 0.1) is 12.1 Å². The normalized spacial score (nSPS) is 14.8. The summed E-state index contributed by atoms with van der Waals surface area (Å²) in [5, 5.41) is 0. The summed E-state index contributed by atoms with van der Waals surface area (Å²) >= 11 is 0. The molecule has 7 nitrogen and oxygen atoms in total. The van der Waals surface area contributed by atoms with Crippen LogP contribution in [0.2, 0.25) is 0 Å². The van der Waals surface area contributed by atoms with Crippen LogP contribution in [0.1, 0.15) is 25.1 Å². The molecule has 34 heavy (non-hydrogen) atoms. The second-order valence-electron chi connectivity index (χ2n) is 8.35. The van der Waals surface area contributed by atoms with Crippen molar-refractivity contribution in [3.05, 3.63) is 69.9 Å². The van der Waals surface area contributed by atoms with E-state index in [4.69, 9.17) is 9.47 Å². The van der Waals surface area contributed by atoms with Gasteiger partial charge in [-0.1, -0.05) is 0 Å². The summed E-state index contributed by atoms with van der Waals surface area (Å²) in [4.78, 5) is 21.2. The van der Waals surface area contributed by atoms with Gasteiger partial charge in [-0.05, 0) is 37.6 Å². The number of ether oxygens (including phenoxy) is 2. The zero-order valence-corrected chi connectivity index (χ0v) is 18.3. The van der Waals surface area contributed by atoms with Crippen LogP contribution in [-0.4, -0.2) is 27.1 Å². The molecule has 1 aliphatic rings. The Hall–Kier alpha value is -3.70. The molecule has 180 valence electrons. The van der Waals surface area contributed by atoms with Crippen molar-refractivity contribution in [2.75, 3.05) is 11.9 Å². The maximum atomic E-state index is 14.5. The molecule has 0 bridgehead atoms. The van der Waals surface area contributed by atoms with Crippen LogP contribution in [0.5, 0.6) is 17.4 Å². The summed E-state index contributed by atoms with van der Waals surface area (Å²) in [7, 11) is 1.83. The maximum Gasteiger partial charge on any atom is 0.433 e. The standard InChI is InChI=1S/C22H19F5N4O3/c1-21(2)11-31-18(30(21)3)9-17(29-20(31)32)33-10-12-6-14(23)19(15(24)7-12)34-13-4-5-28-16(8-13)22(25,26)27/h4-9H,10-11H2,1-3H3. The van der Waals surface area contributed by atoms with E-state index in [1.54, 1.807) is 6.07 Å². The molecule has 12 heteroatoms. The summed E-state index contributed by atoms with van der Waals surface area (Å²) in [5.74, 6) is -3.02. The third-order valence-corrected chi connectivity index (χ3v) is 5.45. The van der Waals surface area contributed by atoms with E-state index >= 15 is 0 Å².